The Morgan fingerprint density at radius 2 is 2.31 bits per heavy atom. The van der Waals surface area contributed by atoms with Crippen LogP contribution in [0.1, 0.15) is 6.92 Å². The normalized spacial score (nSPS) is 10.4. The first-order valence-corrected chi connectivity index (χ1v) is 5.30. The maximum Gasteiger partial charge on any atom is 0.351 e. The van der Waals surface area contributed by atoms with Gasteiger partial charge in [-0.25, -0.2) is 4.79 Å². The van der Waals surface area contributed by atoms with E-state index in [1.165, 1.54) is 0 Å². The number of hydrogen-bond donors (Lipinski definition) is 1. The Kier molecular flexibility index (Phi) is 5.08. The van der Waals surface area contributed by atoms with Crippen molar-refractivity contribution < 1.29 is 9.53 Å². The molecule has 0 radical (unpaired) electrons. The molecule has 0 amide bonds. The molecular weight excluding hydrogens is 251 g/mol. The Morgan fingerprint density at radius 1 is 1.56 bits per heavy atom. The maximum atomic E-state index is 10.9. The fourth-order valence-electron chi connectivity index (χ4n) is 0.914. The molecule has 0 aliphatic rings. The van der Waals surface area contributed by atoms with E-state index in [-0.39, 0.29) is 0 Å². The highest BCUT2D eigenvalue weighted by Gasteiger charge is 1.99. The van der Waals surface area contributed by atoms with Crippen molar-refractivity contribution in [3.8, 4) is 0 Å². The molecule has 0 saturated carbocycles. The lowest BCUT2D eigenvalue weighted by molar-refractivity contribution is -0.134. The second kappa shape index (κ2) is 6.35. The van der Waals surface area contributed by atoms with Crippen molar-refractivity contribution in [2.45, 2.75) is 6.92 Å². The zero-order valence-corrected chi connectivity index (χ0v) is 10.0. The fourth-order valence-corrected chi connectivity index (χ4v) is 1.36. The van der Waals surface area contributed by atoms with Crippen LogP contribution in [0.25, 0.3) is 0 Å². The SMILES string of the molecule is CCOC(=O)C=NNc1ccc(Cl)cc1Cl. The quantitative estimate of drug-likeness (QED) is 0.515. The number of ether oxygens (including phenoxy) is 1. The number of halogens is 2. The minimum atomic E-state index is -0.514. The van der Waals surface area contributed by atoms with E-state index in [4.69, 9.17) is 23.2 Å². The van der Waals surface area contributed by atoms with Crippen LogP contribution in [0.2, 0.25) is 10.0 Å². The van der Waals surface area contributed by atoms with Gasteiger partial charge < -0.3 is 4.74 Å². The number of nitrogens with zero attached hydrogens (tertiary/aromatic N) is 1. The van der Waals surface area contributed by atoms with Gasteiger partial charge in [0.15, 0.2) is 0 Å². The molecule has 86 valence electrons. The zero-order chi connectivity index (χ0) is 12.0. The number of nitrogens with one attached hydrogen (secondary N) is 1. The first-order chi connectivity index (χ1) is 7.63. The van der Waals surface area contributed by atoms with Crippen LogP contribution in [0.15, 0.2) is 23.3 Å². The van der Waals surface area contributed by atoms with E-state index in [0.29, 0.717) is 22.3 Å². The number of carbonyl (C=O) groups excluding carboxylic acids is 1. The molecule has 1 aromatic rings. The summed E-state index contributed by atoms with van der Waals surface area (Å²) in [4.78, 5) is 10.9. The third-order valence-electron chi connectivity index (χ3n) is 1.57. The number of esters is 1. The van der Waals surface area contributed by atoms with Crippen LogP contribution < -0.4 is 5.43 Å². The van der Waals surface area contributed by atoms with E-state index in [9.17, 15) is 4.79 Å². The summed E-state index contributed by atoms with van der Waals surface area (Å²) in [5.41, 5.74) is 3.17. The van der Waals surface area contributed by atoms with E-state index in [2.05, 4.69) is 15.3 Å². The molecule has 16 heavy (non-hydrogen) atoms. The molecule has 1 aromatic carbocycles. The van der Waals surface area contributed by atoms with E-state index in [1.807, 2.05) is 0 Å². The number of hydrazone groups is 1. The summed E-state index contributed by atoms with van der Waals surface area (Å²) in [6, 6.07) is 4.90. The smallest absolute Gasteiger partial charge is 0.351 e. The molecule has 0 aliphatic carbocycles. The van der Waals surface area contributed by atoms with Crippen LogP contribution in [0.5, 0.6) is 0 Å². The summed E-state index contributed by atoms with van der Waals surface area (Å²) in [7, 11) is 0. The van der Waals surface area contributed by atoms with Gasteiger partial charge in [0.25, 0.3) is 0 Å². The summed E-state index contributed by atoms with van der Waals surface area (Å²) in [5.74, 6) is -0.514. The lowest BCUT2D eigenvalue weighted by atomic mass is 10.3. The van der Waals surface area contributed by atoms with Gasteiger partial charge in [-0.2, -0.15) is 5.10 Å². The second-order valence-corrected chi connectivity index (χ2v) is 3.59. The van der Waals surface area contributed by atoms with Crippen molar-refractivity contribution >= 4 is 41.1 Å². The van der Waals surface area contributed by atoms with Crippen LogP contribution in [0.4, 0.5) is 5.69 Å². The number of anilines is 1. The van der Waals surface area contributed by atoms with Gasteiger partial charge >= 0.3 is 5.97 Å². The summed E-state index contributed by atoms with van der Waals surface area (Å²) in [6.07, 6.45) is 1.04. The molecule has 0 unspecified atom stereocenters. The van der Waals surface area contributed by atoms with Crippen molar-refractivity contribution in [2.75, 3.05) is 12.0 Å². The van der Waals surface area contributed by atoms with E-state index < -0.39 is 5.97 Å². The Bertz CT molecular complexity index is 408. The van der Waals surface area contributed by atoms with Crippen LogP contribution in [0, 0.1) is 0 Å². The van der Waals surface area contributed by atoms with Crippen LogP contribution in [-0.4, -0.2) is 18.8 Å². The van der Waals surface area contributed by atoms with Gasteiger partial charge in [0, 0.05) is 5.02 Å². The molecule has 0 aromatic heterocycles. The predicted molar refractivity (Wildman–Crippen MR) is 65.2 cm³/mol. The number of benzene rings is 1. The Labute approximate surface area is 103 Å². The zero-order valence-electron chi connectivity index (χ0n) is 8.54. The standard InChI is InChI=1S/C10H10Cl2N2O2/c1-2-16-10(15)6-13-14-9-4-3-7(11)5-8(9)12/h3-6,14H,2H2,1H3. The van der Waals surface area contributed by atoms with Crippen molar-refractivity contribution in [1.29, 1.82) is 0 Å². The molecule has 0 fully saturated rings. The molecule has 1 N–H and O–H groups in total. The van der Waals surface area contributed by atoms with Gasteiger partial charge in [-0.15, -0.1) is 0 Å². The Morgan fingerprint density at radius 3 is 2.94 bits per heavy atom. The third kappa shape index (κ3) is 4.08. The molecule has 0 spiro atoms. The van der Waals surface area contributed by atoms with Gasteiger partial charge in [0.2, 0.25) is 0 Å². The molecule has 0 saturated heterocycles. The van der Waals surface area contributed by atoms with E-state index in [0.717, 1.165) is 6.21 Å². The average molecular weight is 261 g/mol. The summed E-state index contributed by atoms with van der Waals surface area (Å²) >= 11 is 11.6. The van der Waals surface area contributed by atoms with Gasteiger partial charge in [0.05, 0.1) is 17.3 Å². The summed E-state index contributed by atoms with van der Waals surface area (Å²) < 4.78 is 4.65. The Hall–Kier alpha value is -1.26. The van der Waals surface area contributed by atoms with E-state index in [1.54, 1.807) is 25.1 Å². The molecule has 0 aliphatic heterocycles. The second-order valence-electron chi connectivity index (χ2n) is 2.75. The minimum absolute atomic E-state index is 0.312. The summed E-state index contributed by atoms with van der Waals surface area (Å²) in [5, 5.41) is 4.63. The molecule has 6 heteroatoms. The van der Waals surface area contributed by atoms with E-state index >= 15 is 0 Å². The molecule has 0 heterocycles. The van der Waals surface area contributed by atoms with Crippen LogP contribution in [0.3, 0.4) is 0 Å². The van der Waals surface area contributed by atoms with Crippen LogP contribution >= 0.6 is 23.2 Å². The Balaban J connectivity index is 2.57. The maximum absolute atomic E-state index is 10.9. The lowest BCUT2D eigenvalue weighted by Gasteiger charge is -2.02. The van der Waals surface area contributed by atoms with Crippen molar-refractivity contribution in [1.82, 2.24) is 0 Å². The number of rotatable bonds is 4. The average Bonchev–Trinajstić information content (AvgIpc) is 2.22. The third-order valence-corrected chi connectivity index (χ3v) is 2.12. The highest BCUT2D eigenvalue weighted by molar-refractivity contribution is 6.36. The summed E-state index contributed by atoms with van der Waals surface area (Å²) in [6.45, 7) is 2.03. The molecule has 4 nitrogen and oxygen atoms in total. The molecule has 0 atom stereocenters. The predicted octanol–water partition coefficient (Wildman–Crippen LogP) is 2.95. The first kappa shape index (κ1) is 12.8. The van der Waals surface area contributed by atoms with Gasteiger partial charge in [-0.3, -0.25) is 5.43 Å². The minimum Gasteiger partial charge on any atom is -0.462 e. The monoisotopic (exact) mass is 260 g/mol. The van der Waals surface area contributed by atoms with Crippen molar-refractivity contribution in [3.05, 3.63) is 28.2 Å². The molecule has 0 bridgehead atoms. The van der Waals surface area contributed by atoms with Gasteiger partial charge in [-0.05, 0) is 25.1 Å². The van der Waals surface area contributed by atoms with Crippen molar-refractivity contribution in [2.24, 2.45) is 5.10 Å². The van der Waals surface area contributed by atoms with Gasteiger partial charge in [0.1, 0.15) is 6.21 Å². The first-order valence-electron chi connectivity index (χ1n) is 4.54. The topological polar surface area (TPSA) is 50.7 Å². The van der Waals surface area contributed by atoms with Crippen LogP contribution in [-0.2, 0) is 9.53 Å². The fraction of sp³-hybridized carbons (Fsp3) is 0.200. The lowest BCUT2D eigenvalue weighted by Crippen LogP contribution is -2.06. The molecule has 1 rings (SSSR count). The molecular formula is C10H10Cl2N2O2. The largest absolute Gasteiger partial charge is 0.462 e. The highest BCUT2D eigenvalue weighted by atomic mass is 35.5. The highest BCUT2D eigenvalue weighted by Crippen LogP contribution is 2.25. The number of carbonyl (C=O) groups is 1. The van der Waals surface area contributed by atoms with Crippen molar-refractivity contribution in [3.63, 3.8) is 0 Å². The van der Waals surface area contributed by atoms with Gasteiger partial charge in [-0.1, -0.05) is 23.2 Å². The number of hydrogen-bond acceptors (Lipinski definition) is 4.